The lowest BCUT2D eigenvalue weighted by Gasteiger charge is -2.00. The minimum absolute atomic E-state index is 0.0458. The molecule has 0 aliphatic rings. The maximum Gasteiger partial charge on any atom is 0.335 e. The molecule has 4 nitrogen and oxygen atoms in total. The second-order valence-electron chi connectivity index (χ2n) is 3.20. The van der Waals surface area contributed by atoms with E-state index in [0.29, 0.717) is 18.4 Å². The van der Waals surface area contributed by atoms with Crippen LogP contribution in [0.1, 0.15) is 25.3 Å². The lowest BCUT2D eigenvalue weighted by molar-refractivity contribution is -0.143. The first-order valence-corrected chi connectivity index (χ1v) is 4.92. The van der Waals surface area contributed by atoms with Crippen LogP contribution in [-0.2, 0) is 9.63 Å². The summed E-state index contributed by atoms with van der Waals surface area (Å²) >= 11 is 0. The van der Waals surface area contributed by atoms with Gasteiger partial charge in [0.2, 0.25) is 0 Å². The molecular weight excluding hydrogens is 211 g/mol. The van der Waals surface area contributed by atoms with E-state index in [1.807, 2.05) is 6.92 Å². The summed E-state index contributed by atoms with van der Waals surface area (Å²) < 4.78 is 12.6. The van der Waals surface area contributed by atoms with E-state index in [-0.39, 0.29) is 11.7 Å². The monoisotopic (exact) mass is 224 g/mol. The number of nitrogens with two attached hydrogens (primary N) is 1. The molecule has 0 amide bonds. The summed E-state index contributed by atoms with van der Waals surface area (Å²) in [5, 5.41) is 3.47. The highest BCUT2D eigenvalue weighted by molar-refractivity contribution is 5.97. The Morgan fingerprint density at radius 1 is 1.44 bits per heavy atom. The van der Waals surface area contributed by atoms with Gasteiger partial charge in [-0.15, -0.1) is 0 Å². The van der Waals surface area contributed by atoms with Crippen molar-refractivity contribution in [1.29, 1.82) is 0 Å². The first-order valence-electron chi connectivity index (χ1n) is 4.92. The van der Waals surface area contributed by atoms with Crippen molar-refractivity contribution in [3.63, 3.8) is 0 Å². The number of benzene rings is 1. The summed E-state index contributed by atoms with van der Waals surface area (Å²) in [6.07, 6.45) is 0.977. The first-order chi connectivity index (χ1) is 7.63. The highest BCUT2D eigenvalue weighted by atomic mass is 19.1. The van der Waals surface area contributed by atoms with Crippen molar-refractivity contribution in [2.24, 2.45) is 10.9 Å². The average Bonchev–Trinajstić information content (AvgIpc) is 2.27. The molecule has 0 heterocycles. The number of hydrogen-bond acceptors (Lipinski definition) is 3. The SMILES string of the molecule is CCCC(=O)O/N=C(\N)c1ccc(F)cc1. The third-order valence-electron chi connectivity index (χ3n) is 1.84. The minimum atomic E-state index is -0.437. The van der Waals surface area contributed by atoms with E-state index in [1.54, 1.807) is 0 Å². The third-order valence-corrected chi connectivity index (χ3v) is 1.84. The van der Waals surface area contributed by atoms with Crippen molar-refractivity contribution in [2.75, 3.05) is 0 Å². The summed E-state index contributed by atoms with van der Waals surface area (Å²) in [6, 6.07) is 5.43. The van der Waals surface area contributed by atoms with E-state index in [9.17, 15) is 9.18 Å². The van der Waals surface area contributed by atoms with Gasteiger partial charge in [0.05, 0.1) is 0 Å². The van der Waals surface area contributed by atoms with Crippen LogP contribution in [0.3, 0.4) is 0 Å². The highest BCUT2D eigenvalue weighted by Gasteiger charge is 2.03. The molecule has 1 aromatic rings. The molecular formula is C11H13FN2O2. The first kappa shape index (κ1) is 12.2. The van der Waals surface area contributed by atoms with Gasteiger partial charge in [0.25, 0.3) is 0 Å². The average molecular weight is 224 g/mol. The van der Waals surface area contributed by atoms with E-state index in [0.717, 1.165) is 0 Å². The predicted molar refractivity (Wildman–Crippen MR) is 58.1 cm³/mol. The summed E-state index contributed by atoms with van der Waals surface area (Å²) in [5.41, 5.74) is 6.05. The van der Waals surface area contributed by atoms with Crippen molar-refractivity contribution in [3.05, 3.63) is 35.6 Å². The van der Waals surface area contributed by atoms with Gasteiger partial charge in [0.15, 0.2) is 5.84 Å². The van der Waals surface area contributed by atoms with Gasteiger partial charge in [-0.25, -0.2) is 9.18 Å². The number of carbonyl (C=O) groups excluding carboxylic acids is 1. The van der Waals surface area contributed by atoms with Crippen LogP contribution in [0, 0.1) is 5.82 Å². The lowest BCUT2D eigenvalue weighted by Crippen LogP contribution is -2.15. The molecule has 5 heteroatoms. The molecule has 86 valence electrons. The summed E-state index contributed by atoms with van der Waals surface area (Å²) in [4.78, 5) is 15.5. The zero-order chi connectivity index (χ0) is 12.0. The van der Waals surface area contributed by atoms with Crippen LogP contribution in [0.5, 0.6) is 0 Å². The van der Waals surface area contributed by atoms with E-state index >= 15 is 0 Å². The van der Waals surface area contributed by atoms with Gasteiger partial charge < -0.3 is 10.6 Å². The molecule has 0 fully saturated rings. The summed E-state index contributed by atoms with van der Waals surface area (Å²) in [7, 11) is 0. The summed E-state index contributed by atoms with van der Waals surface area (Å²) in [5.74, 6) is -0.753. The van der Waals surface area contributed by atoms with E-state index in [4.69, 9.17) is 5.73 Å². The summed E-state index contributed by atoms with van der Waals surface area (Å²) in [6.45, 7) is 1.86. The number of amidine groups is 1. The van der Waals surface area contributed by atoms with Crippen LogP contribution in [0.4, 0.5) is 4.39 Å². The number of rotatable bonds is 4. The molecule has 1 aromatic carbocycles. The van der Waals surface area contributed by atoms with E-state index in [1.165, 1.54) is 24.3 Å². The van der Waals surface area contributed by atoms with E-state index in [2.05, 4.69) is 9.99 Å². The molecule has 2 N–H and O–H groups in total. The van der Waals surface area contributed by atoms with Crippen LogP contribution in [-0.4, -0.2) is 11.8 Å². The fourth-order valence-corrected chi connectivity index (χ4v) is 1.02. The van der Waals surface area contributed by atoms with Crippen molar-refractivity contribution in [1.82, 2.24) is 0 Å². The molecule has 0 bridgehead atoms. The van der Waals surface area contributed by atoms with Crippen molar-refractivity contribution >= 4 is 11.8 Å². The van der Waals surface area contributed by atoms with Crippen LogP contribution in [0.2, 0.25) is 0 Å². The quantitative estimate of drug-likeness (QED) is 0.367. The smallest absolute Gasteiger partial charge is 0.335 e. The van der Waals surface area contributed by atoms with Gasteiger partial charge in [-0.2, -0.15) is 0 Å². The van der Waals surface area contributed by atoms with Crippen LogP contribution in [0.25, 0.3) is 0 Å². The number of hydrogen-bond donors (Lipinski definition) is 1. The number of nitrogens with zero attached hydrogens (tertiary/aromatic N) is 1. The molecule has 0 radical (unpaired) electrons. The molecule has 16 heavy (non-hydrogen) atoms. The number of carbonyl (C=O) groups is 1. The van der Waals surface area contributed by atoms with Crippen LogP contribution in [0.15, 0.2) is 29.4 Å². The maximum atomic E-state index is 12.6. The Morgan fingerprint density at radius 2 is 2.06 bits per heavy atom. The fraction of sp³-hybridized carbons (Fsp3) is 0.273. The van der Waals surface area contributed by atoms with Gasteiger partial charge in [0, 0.05) is 12.0 Å². The molecule has 0 spiro atoms. The standard InChI is InChI=1S/C11H13FN2O2/c1-2-3-10(15)16-14-11(13)8-4-6-9(12)7-5-8/h4-7H,2-3H2,1H3,(H2,13,14). The largest absolute Gasteiger partial charge is 0.380 e. The Balaban J connectivity index is 2.63. The van der Waals surface area contributed by atoms with Gasteiger partial charge in [0.1, 0.15) is 5.82 Å². The lowest BCUT2D eigenvalue weighted by atomic mass is 10.2. The Bertz CT molecular complexity index is 387. The minimum Gasteiger partial charge on any atom is -0.380 e. The molecule has 0 aliphatic heterocycles. The molecule has 0 saturated heterocycles. The predicted octanol–water partition coefficient (Wildman–Crippen LogP) is 1.79. The van der Waals surface area contributed by atoms with Crippen LogP contribution < -0.4 is 5.73 Å². The molecule has 0 unspecified atom stereocenters. The molecule has 0 atom stereocenters. The van der Waals surface area contributed by atoms with Crippen molar-refractivity contribution in [2.45, 2.75) is 19.8 Å². The number of halogens is 1. The second kappa shape index (κ2) is 5.85. The zero-order valence-electron chi connectivity index (χ0n) is 8.94. The zero-order valence-corrected chi connectivity index (χ0v) is 8.94. The molecule has 1 rings (SSSR count). The Labute approximate surface area is 92.9 Å². The molecule has 0 aliphatic carbocycles. The normalized spacial score (nSPS) is 11.2. The van der Waals surface area contributed by atoms with Gasteiger partial charge in [-0.3, -0.25) is 0 Å². The Hall–Kier alpha value is -1.91. The molecule has 0 saturated carbocycles. The van der Waals surface area contributed by atoms with Gasteiger partial charge >= 0.3 is 5.97 Å². The van der Waals surface area contributed by atoms with Crippen molar-refractivity contribution in [3.8, 4) is 0 Å². The van der Waals surface area contributed by atoms with Crippen LogP contribution >= 0.6 is 0 Å². The van der Waals surface area contributed by atoms with Gasteiger partial charge in [-0.1, -0.05) is 12.1 Å². The van der Waals surface area contributed by atoms with Gasteiger partial charge in [-0.05, 0) is 30.7 Å². The topological polar surface area (TPSA) is 64.7 Å². The molecule has 0 aromatic heterocycles. The Kier molecular flexibility index (Phi) is 4.44. The third kappa shape index (κ3) is 3.68. The maximum absolute atomic E-state index is 12.6. The second-order valence-corrected chi connectivity index (χ2v) is 3.20. The highest BCUT2D eigenvalue weighted by Crippen LogP contribution is 2.02. The van der Waals surface area contributed by atoms with E-state index < -0.39 is 5.97 Å². The number of oxime groups is 1. The van der Waals surface area contributed by atoms with Crippen molar-refractivity contribution < 1.29 is 14.0 Å². The fourth-order valence-electron chi connectivity index (χ4n) is 1.02. The Morgan fingerprint density at radius 3 is 2.62 bits per heavy atom.